The lowest BCUT2D eigenvalue weighted by molar-refractivity contribution is -0.659. The van der Waals surface area contributed by atoms with Gasteiger partial charge in [0.05, 0.1) is 30.5 Å². The summed E-state index contributed by atoms with van der Waals surface area (Å²) in [7, 11) is 4.08. The maximum Gasteiger partial charge on any atom is 0.424 e. The van der Waals surface area contributed by atoms with Crippen molar-refractivity contribution in [3.8, 4) is 11.6 Å². The highest BCUT2D eigenvalue weighted by atomic mass is 16.5. The van der Waals surface area contributed by atoms with Crippen LogP contribution in [0.4, 0.5) is 17.2 Å². The molecule has 0 amide bonds. The summed E-state index contributed by atoms with van der Waals surface area (Å²) in [6, 6.07) is 10.2. The lowest BCUT2D eigenvalue weighted by Gasteiger charge is -2.34. The van der Waals surface area contributed by atoms with Gasteiger partial charge in [0, 0.05) is 11.2 Å². The van der Waals surface area contributed by atoms with Crippen LogP contribution >= 0.6 is 0 Å². The minimum Gasteiger partial charge on any atom is -0.434 e. The van der Waals surface area contributed by atoms with Crippen LogP contribution in [0.5, 0.6) is 11.6 Å². The minimum atomic E-state index is -0.0564. The van der Waals surface area contributed by atoms with E-state index in [2.05, 4.69) is 43.2 Å². The van der Waals surface area contributed by atoms with Crippen molar-refractivity contribution in [1.29, 1.82) is 0 Å². The standard InChI is InChI=1S/C21H17BN6O/c1-26-10-8-24-20-18(26)22-17-15(28(20)14-6-4-3-5-7-14)12-23-13-16(17)29-21-19(22)27(2)11-9-25-21/h3-13H,1-2H3/q+2. The first-order chi connectivity index (χ1) is 14.2. The summed E-state index contributed by atoms with van der Waals surface area (Å²) in [4.78, 5) is 15.9. The quantitative estimate of drug-likeness (QED) is 0.295. The predicted octanol–water partition coefficient (Wildman–Crippen LogP) is -0.0743. The van der Waals surface area contributed by atoms with Gasteiger partial charge in [-0.05, 0) is 12.1 Å². The highest BCUT2D eigenvalue weighted by molar-refractivity contribution is 6.97. The van der Waals surface area contributed by atoms with Crippen molar-refractivity contribution < 1.29 is 13.9 Å². The number of aromatic nitrogens is 5. The largest absolute Gasteiger partial charge is 0.434 e. The Bertz CT molecular complexity index is 1260. The van der Waals surface area contributed by atoms with Gasteiger partial charge >= 0.3 is 6.71 Å². The van der Waals surface area contributed by atoms with E-state index in [1.165, 1.54) is 0 Å². The van der Waals surface area contributed by atoms with Crippen LogP contribution in [-0.2, 0) is 14.1 Å². The smallest absolute Gasteiger partial charge is 0.424 e. The zero-order valence-corrected chi connectivity index (χ0v) is 16.0. The lowest BCUT2D eigenvalue weighted by Crippen LogP contribution is -2.74. The number of rotatable bonds is 1. The van der Waals surface area contributed by atoms with Crippen molar-refractivity contribution in [2.45, 2.75) is 0 Å². The number of ether oxygens (including phenoxy) is 1. The summed E-state index contributed by atoms with van der Waals surface area (Å²) >= 11 is 0. The Morgan fingerprint density at radius 1 is 0.931 bits per heavy atom. The van der Waals surface area contributed by atoms with E-state index in [4.69, 9.17) is 9.72 Å². The highest BCUT2D eigenvalue weighted by Crippen LogP contribution is 2.37. The van der Waals surface area contributed by atoms with Gasteiger partial charge in [-0.25, -0.2) is 19.1 Å². The Morgan fingerprint density at radius 3 is 2.52 bits per heavy atom. The molecule has 5 heterocycles. The fraction of sp³-hybridized carbons (Fsp3) is 0.0952. The van der Waals surface area contributed by atoms with Crippen LogP contribution in [0.1, 0.15) is 0 Å². The molecule has 8 heteroatoms. The van der Waals surface area contributed by atoms with Crippen LogP contribution in [0.15, 0.2) is 67.5 Å². The lowest BCUT2D eigenvalue weighted by atomic mass is 9.37. The Morgan fingerprint density at radius 2 is 1.69 bits per heavy atom. The third kappa shape index (κ3) is 2.17. The van der Waals surface area contributed by atoms with E-state index in [0.717, 1.165) is 39.6 Å². The molecule has 0 N–H and O–H groups in total. The van der Waals surface area contributed by atoms with Crippen LogP contribution < -0.4 is 35.4 Å². The number of para-hydroxylation sites is 1. The van der Waals surface area contributed by atoms with Crippen molar-refractivity contribution >= 4 is 40.6 Å². The Labute approximate surface area is 168 Å². The first-order valence-corrected chi connectivity index (χ1v) is 9.44. The summed E-state index contributed by atoms with van der Waals surface area (Å²) in [5.74, 6) is 2.22. The van der Waals surface area contributed by atoms with Crippen molar-refractivity contribution in [2.75, 3.05) is 4.90 Å². The molecular weight excluding hydrogens is 363 g/mol. The number of hydrogen-bond donors (Lipinski definition) is 0. The van der Waals surface area contributed by atoms with Gasteiger partial charge in [0.2, 0.25) is 5.59 Å². The van der Waals surface area contributed by atoms with Gasteiger partial charge in [-0.2, -0.15) is 0 Å². The molecule has 3 aromatic heterocycles. The van der Waals surface area contributed by atoms with Crippen molar-refractivity contribution in [3.63, 3.8) is 0 Å². The van der Waals surface area contributed by atoms with E-state index in [9.17, 15) is 0 Å². The Kier molecular flexibility index (Phi) is 3.26. The molecule has 0 spiro atoms. The first kappa shape index (κ1) is 16.2. The maximum absolute atomic E-state index is 6.19. The Hall–Kier alpha value is -3.81. The zero-order valence-electron chi connectivity index (χ0n) is 16.0. The van der Waals surface area contributed by atoms with Gasteiger partial charge in [0.1, 0.15) is 19.8 Å². The van der Waals surface area contributed by atoms with Gasteiger partial charge < -0.3 is 4.74 Å². The predicted molar refractivity (Wildman–Crippen MR) is 108 cm³/mol. The average molecular weight is 380 g/mol. The molecule has 2 aliphatic heterocycles. The SMILES string of the molecule is C[n+]1ccnc2c1B1c3c(cncc3N(c3ccccc3)c3ncc[n+](C)c31)O2. The molecule has 7 nitrogen and oxygen atoms in total. The van der Waals surface area contributed by atoms with E-state index >= 15 is 0 Å². The number of benzene rings is 1. The average Bonchev–Trinajstić information content (AvgIpc) is 2.74. The zero-order chi connectivity index (χ0) is 19.5. The molecule has 0 saturated carbocycles. The van der Waals surface area contributed by atoms with Crippen LogP contribution in [0.25, 0.3) is 0 Å². The summed E-state index contributed by atoms with van der Waals surface area (Å²) in [5.41, 5.74) is 5.17. The summed E-state index contributed by atoms with van der Waals surface area (Å²) < 4.78 is 10.4. The molecule has 0 saturated heterocycles. The van der Waals surface area contributed by atoms with Crippen LogP contribution in [0, 0.1) is 0 Å². The molecule has 0 bridgehead atoms. The second-order valence-electron chi connectivity index (χ2n) is 7.25. The monoisotopic (exact) mass is 380 g/mol. The topological polar surface area (TPSA) is 58.9 Å². The van der Waals surface area contributed by atoms with Crippen LogP contribution in [0.3, 0.4) is 0 Å². The van der Waals surface area contributed by atoms with Crippen molar-refractivity contribution in [1.82, 2.24) is 15.0 Å². The highest BCUT2D eigenvalue weighted by Gasteiger charge is 2.53. The third-order valence-corrected chi connectivity index (χ3v) is 5.62. The molecule has 0 fully saturated rings. The van der Waals surface area contributed by atoms with E-state index in [1.54, 1.807) is 12.4 Å². The summed E-state index contributed by atoms with van der Waals surface area (Å²) in [5, 5.41) is 0. The van der Waals surface area contributed by atoms with Gasteiger partial charge in [-0.3, -0.25) is 9.88 Å². The molecule has 6 rings (SSSR count). The molecule has 4 aromatic rings. The summed E-state index contributed by atoms with van der Waals surface area (Å²) in [6.45, 7) is -0.0564. The van der Waals surface area contributed by atoms with Gasteiger partial charge in [0.25, 0.3) is 5.88 Å². The van der Waals surface area contributed by atoms with Crippen LogP contribution in [-0.4, -0.2) is 21.7 Å². The van der Waals surface area contributed by atoms with Crippen LogP contribution in [0.2, 0.25) is 0 Å². The van der Waals surface area contributed by atoms with E-state index in [0.29, 0.717) is 5.88 Å². The number of pyridine rings is 1. The van der Waals surface area contributed by atoms with E-state index < -0.39 is 0 Å². The van der Waals surface area contributed by atoms with Gasteiger partial charge in [-0.1, -0.05) is 18.2 Å². The molecule has 0 unspecified atom stereocenters. The number of hydrogen-bond acceptors (Lipinski definition) is 5. The number of anilines is 3. The second kappa shape index (κ2) is 5.84. The molecule has 0 atom stereocenters. The minimum absolute atomic E-state index is 0.0564. The second-order valence-corrected chi connectivity index (χ2v) is 7.25. The maximum atomic E-state index is 6.19. The molecule has 29 heavy (non-hydrogen) atoms. The Balaban J connectivity index is 1.74. The first-order valence-electron chi connectivity index (χ1n) is 9.44. The van der Waals surface area contributed by atoms with Gasteiger partial charge in [0.15, 0.2) is 23.8 Å². The molecule has 138 valence electrons. The number of fused-ring (bicyclic) bond motifs is 4. The fourth-order valence-electron chi connectivity index (χ4n) is 4.37. The third-order valence-electron chi connectivity index (χ3n) is 5.62. The van der Waals surface area contributed by atoms with Crippen molar-refractivity contribution in [2.24, 2.45) is 14.1 Å². The number of nitrogens with zero attached hydrogens (tertiary/aromatic N) is 6. The molecule has 0 aliphatic carbocycles. The normalized spacial score (nSPS) is 13.3. The molecule has 0 radical (unpaired) electrons. The molecular formula is C21H17BN6O+2. The fourth-order valence-corrected chi connectivity index (χ4v) is 4.37. The summed E-state index contributed by atoms with van der Waals surface area (Å²) in [6.07, 6.45) is 11.2. The van der Waals surface area contributed by atoms with Gasteiger partial charge in [-0.15, -0.1) is 0 Å². The van der Waals surface area contributed by atoms with Crippen molar-refractivity contribution in [3.05, 3.63) is 67.5 Å². The van der Waals surface area contributed by atoms with E-state index in [-0.39, 0.29) is 6.71 Å². The van der Waals surface area contributed by atoms with E-state index in [1.807, 2.05) is 50.0 Å². The molecule has 2 aliphatic rings. The number of aryl methyl sites for hydroxylation is 2. The molecule has 1 aromatic carbocycles.